The SMILES string of the molecule is NNC(=O)Cn1c(=O)n(CC(=O)NN)c2ccccc21. The average Bonchev–Trinajstić information content (AvgIpc) is 2.72. The van der Waals surface area contributed by atoms with Gasteiger partial charge in [-0.05, 0) is 12.1 Å². The van der Waals surface area contributed by atoms with Gasteiger partial charge in [-0.25, -0.2) is 16.5 Å². The summed E-state index contributed by atoms with van der Waals surface area (Å²) in [6, 6.07) is 6.81. The molecule has 9 nitrogen and oxygen atoms in total. The summed E-state index contributed by atoms with van der Waals surface area (Å²) in [5.41, 5.74) is 4.50. The lowest BCUT2D eigenvalue weighted by molar-refractivity contribution is -0.122. The molecule has 0 saturated carbocycles. The van der Waals surface area contributed by atoms with Gasteiger partial charge in [-0.2, -0.15) is 0 Å². The summed E-state index contributed by atoms with van der Waals surface area (Å²) in [5, 5.41) is 0. The van der Waals surface area contributed by atoms with Gasteiger partial charge in [-0.1, -0.05) is 12.1 Å². The molecule has 0 aliphatic rings. The number of para-hydroxylation sites is 2. The molecule has 0 unspecified atom stereocenters. The topological polar surface area (TPSA) is 137 Å². The van der Waals surface area contributed by atoms with Gasteiger partial charge in [0.2, 0.25) is 0 Å². The molecular formula is C11H14N6O3. The molecule has 1 heterocycles. The maximum Gasteiger partial charge on any atom is 0.330 e. The highest BCUT2D eigenvalue weighted by Crippen LogP contribution is 2.12. The van der Waals surface area contributed by atoms with E-state index in [-0.39, 0.29) is 13.1 Å². The number of fused-ring (bicyclic) bond motifs is 1. The highest BCUT2D eigenvalue weighted by molar-refractivity contribution is 5.82. The van der Waals surface area contributed by atoms with Crippen LogP contribution in [0.5, 0.6) is 0 Å². The van der Waals surface area contributed by atoms with Crippen LogP contribution in [-0.2, 0) is 22.7 Å². The van der Waals surface area contributed by atoms with Gasteiger partial charge in [0.1, 0.15) is 13.1 Å². The fraction of sp³-hybridized carbons (Fsp3) is 0.182. The quantitative estimate of drug-likeness (QED) is 0.285. The Morgan fingerprint density at radius 2 is 1.35 bits per heavy atom. The second-order valence-electron chi connectivity index (χ2n) is 4.08. The van der Waals surface area contributed by atoms with Gasteiger partial charge in [0.05, 0.1) is 11.0 Å². The van der Waals surface area contributed by atoms with E-state index in [2.05, 4.69) is 0 Å². The van der Waals surface area contributed by atoms with E-state index in [1.165, 1.54) is 9.13 Å². The van der Waals surface area contributed by atoms with Gasteiger partial charge in [0, 0.05) is 0 Å². The smallest absolute Gasteiger partial charge is 0.293 e. The van der Waals surface area contributed by atoms with Gasteiger partial charge in [-0.3, -0.25) is 29.6 Å². The zero-order chi connectivity index (χ0) is 14.7. The van der Waals surface area contributed by atoms with E-state index >= 15 is 0 Å². The third kappa shape index (κ3) is 2.39. The van der Waals surface area contributed by atoms with Crippen molar-refractivity contribution < 1.29 is 9.59 Å². The highest BCUT2D eigenvalue weighted by Gasteiger charge is 2.16. The molecular weight excluding hydrogens is 264 g/mol. The first kappa shape index (κ1) is 13.8. The van der Waals surface area contributed by atoms with Gasteiger partial charge in [-0.15, -0.1) is 0 Å². The number of amides is 2. The van der Waals surface area contributed by atoms with E-state index in [9.17, 15) is 14.4 Å². The lowest BCUT2D eigenvalue weighted by Gasteiger charge is -2.01. The monoisotopic (exact) mass is 278 g/mol. The molecule has 0 atom stereocenters. The first-order valence-corrected chi connectivity index (χ1v) is 5.75. The van der Waals surface area contributed by atoms with E-state index < -0.39 is 17.5 Å². The first-order valence-electron chi connectivity index (χ1n) is 5.75. The number of nitrogens with two attached hydrogens (primary N) is 2. The van der Waals surface area contributed by atoms with Crippen LogP contribution in [0.25, 0.3) is 11.0 Å². The minimum Gasteiger partial charge on any atom is -0.293 e. The number of rotatable bonds is 4. The van der Waals surface area contributed by atoms with Crippen LogP contribution in [0.15, 0.2) is 29.1 Å². The van der Waals surface area contributed by atoms with E-state index in [0.29, 0.717) is 11.0 Å². The molecule has 0 aliphatic carbocycles. The maximum absolute atomic E-state index is 12.3. The molecule has 1 aromatic heterocycles. The molecule has 20 heavy (non-hydrogen) atoms. The molecule has 2 aromatic rings. The zero-order valence-electron chi connectivity index (χ0n) is 10.5. The third-order valence-corrected chi connectivity index (χ3v) is 2.85. The molecule has 0 bridgehead atoms. The summed E-state index contributed by atoms with van der Waals surface area (Å²) in [6.45, 7) is -0.458. The number of imidazole rings is 1. The van der Waals surface area contributed by atoms with Crippen LogP contribution in [0.3, 0.4) is 0 Å². The van der Waals surface area contributed by atoms with Crippen LogP contribution in [0.4, 0.5) is 0 Å². The lowest BCUT2D eigenvalue weighted by atomic mass is 10.3. The van der Waals surface area contributed by atoms with Crippen molar-refractivity contribution in [2.45, 2.75) is 13.1 Å². The summed E-state index contributed by atoms with van der Waals surface area (Å²) in [6.07, 6.45) is 0. The number of hydrogen-bond donors (Lipinski definition) is 4. The van der Waals surface area contributed by atoms with E-state index in [1.807, 2.05) is 10.9 Å². The predicted octanol–water partition coefficient (Wildman–Crippen LogP) is -2.22. The number of benzene rings is 1. The second-order valence-corrected chi connectivity index (χ2v) is 4.08. The summed E-state index contributed by atoms with van der Waals surface area (Å²) in [7, 11) is 0. The van der Waals surface area contributed by atoms with Crippen molar-refractivity contribution >= 4 is 22.8 Å². The van der Waals surface area contributed by atoms with Crippen LogP contribution in [-0.4, -0.2) is 20.9 Å². The van der Waals surface area contributed by atoms with Crippen molar-refractivity contribution in [3.63, 3.8) is 0 Å². The minimum absolute atomic E-state index is 0.229. The Balaban J connectivity index is 2.58. The number of carbonyl (C=O) groups excluding carboxylic acids is 2. The second kappa shape index (κ2) is 5.55. The molecule has 6 N–H and O–H groups in total. The lowest BCUT2D eigenvalue weighted by Crippen LogP contribution is -2.39. The van der Waals surface area contributed by atoms with Crippen molar-refractivity contribution in [1.82, 2.24) is 20.0 Å². The van der Waals surface area contributed by atoms with Gasteiger partial charge < -0.3 is 0 Å². The number of hydrazine groups is 2. The van der Waals surface area contributed by atoms with E-state index in [0.717, 1.165) is 0 Å². The molecule has 2 rings (SSSR count). The Kier molecular flexibility index (Phi) is 3.82. The number of hydrogen-bond acceptors (Lipinski definition) is 5. The summed E-state index contributed by atoms with van der Waals surface area (Å²) in [4.78, 5) is 35.0. The maximum atomic E-state index is 12.3. The van der Waals surface area contributed by atoms with Crippen molar-refractivity contribution in [3.8, 4) is 0 Å². The number of nitrogens with one attached hydrogen (secondary N) is 2. The van der Waals surface area contributed by atoms with E-state index in [4.69, 9.17) is 11.7 Å². The summed E-state index contributed by atoms with van der Waals surface area (Å²) < 4.78 is 2.47. The van der Waals surface area contributed by atoms with Crippen molar-refractivity contribution in [3.05, 3.63) is 34.7 Å². The minimum atomic E-state index is -0.515. The Bertz CT molecular complexity index is 659. The van der Waals surface area contributed by atoms with Crippen LogP contribution in [0.1, 0.15) is 0 Å². The molecule has 0 fully saturated rings. The van der Waals surface area contributed by atoms with Crippen molar-refractivity contribution in [2.24, 2.45) is 11.7 Å². The van der Waals surface area contributed by atoms with Crippen LogP contribution < -0.4 is 28.2 Å². The first-order chi connectivity index (χ1) is 9.58. The molecule has 9 heteroatoms. The molecule has 1 aromatic carbocycles. The molecule has 0 spiro atoms. The fourth-order valence-electron chi connectivity index (χ4n) is 1.96. The van der Waals surface area contributed by atoms with Gasteiger partial charge in [0.15, 0.2) is 0 Å². The summed E-state index contributed by atoms with van der Waals surface area (Å²) in [5.74, 6) is 9.01. The molecule has 0 saturated heterocycles. The Labute approximate surface area is 113 Å². The fourth-order valence-corrected chi connectivity index (χ4v) is 1.96. The molecule has 2 amide bonds. The predicted molar refractivity (Wildman–Crippen MR) is 70.9 cm³/mol. The molecule has 0 radical (unpaired) electrons. The van der Waals surface area contributed by atoms with Crippen molar-refractivity contribution in [2.75, 3.05) is 0 Å². The third-order valence-electron chi connectivity index (χ3n) is 2.85. The normalized spacial score (nSPS) is 10.5. The van der Waals surface area contributed by atoms with Gasteiger partial charge >= 0.3 is 5.69 Å². The van der Waals surface area contributed by atoms with Gasteiger partial charge in [0.25, 0.3) is 11.8 Å². The number of aromatic nitrogens is 2. The summed E-state index contributed by atoms with van der Waals surface area (Å²) >= 11 is 0. The molecule has 106 valence electrons. The average molecular weight is 278 g/mol. The Hall–Kier alpha value is -2.65. The van der Waals surface area contributed by atoms with Crippen LogP contribution in [0, 0.1) is 0 Å². The highest BCUT2D eigenvalue weighted by atomic mass is 16.2. The standard InChI is InChI=1S/C11H14N6O3/c12-14-9(18)5-16-7-3-1-2-4-8(7)17(11(16)20)6-10(19)15-13/h1-4H,5-6,12-13H2,(H,14,18)(H,15,19). The van der Waals surface area contributed by atoms with Crippen LogP contribution in [0.2, 0.25) is 0 Å². The van der Waals surface area contributed by atoms with E-state index in [1.54, 1.807) is 24.3 Å². The molecule has 0 aliphatic heterocycles. The van der Waals surface area contributed by atoms with Crippen molar-refractivity contribution in [1.29, 1.82) is 0 Å². The zero-order valence-corrected chi connectivity index (χ0v) is 10.5. The number of carbonyl (C=O) groups is 2. The Morgan fingerprint density at radius 3 is 1.70 bits per heavy atom. The number of nitrogens with zero attached hydrogens (tertiary/aromatic N) is 2. The van der Waals surface area contributed by atoms with Crippen LogP contribution >= 0.6 is 0 Å². The Morgan fingerprint density at radius 1 is 0.950 bits per heavy atom. The largest absolute Gasteiger partial charge is 0.330 e.